The average Bonchev–Trinajstić information content (AvgIpc) is 2.67. The van der Waals surface area contributed by atoms with Crippen LogP contribution >= 0.6 is 12.4 Å². The molecule has 0 aliphatic carbocycles. The summed E-state index contributed by atoms with van der Waals surface area (Å²) in [4.78, 5) is 35.6. The van der Waals surface area contributed by atoms with Crippen LogP contribution in [-0.2, 0) is 9.59 Å². The maximum absolute atomic E-state index is 12.0. The molecule has 0 spiro atoms. The van der Waals surface area contributed by atoms with Crippen molar-refractivity contribution in [2.24, 2.45) is 11.7 Å². The Morgan fingerprint density at radius 2 is 1.31 bits per heavy atom. The predicted octanol–water partition coefficient (Wildman–Crippen LogP) is 2.79. The molecule has 0 aromatic heterocycles. The topological polar surface area (TPSA) is 125 Å². The Kier molecular flexibility index (Phi) is 9.64. The Morgan fingerprint density at radius 3 is 1.83 bits per heavy atom. The van der Waals surface area contributed by atoms with Crippen molar-refractivity contribution >= 4 is 47.3 Å². The first-order valence-electron chi connectivity index (χ1n) is 8.91. The van der Waals surface area contributed by atoms with Crippen LogP contribution < -0.4 is 27.0 Å². The van der Waals surface area contributed by atoms with E-state index >= 15 is 0 Å². The molecule has 156 valence electrons. The molecular formula is C20H26ClN5O3. The molecule has 0 bridgehead atoms. The average molecular weight is 420 g/mol. The number of para-hydroxylation sites is 1. The summed E-state index contributed by atoms with van der Waals surface area (Å²) >= 11 is 0. The molecule has 0 unspecified atom stereocenters. The highest BCUT2D eigenvalue weighted by atomic mass is 35.5. The Balaban J connectivity index is 0.00000420. The van der Waals surface area contributed by atoms with Gasteiger partial charge in [-0.05, 0) is 42.3 Å². The summed E-state index contributed by atoms with van der Waals surface area (Å²) in [6.45, 7) is 3.50. The van der Waals surface area contributed by atoms with Gasteiger partial charge in [-0.2, -0.15) is 0 Å². The van der Waals surface area contributed by atoms with Crippen molar-refractivity contribution in [3.05, 3.63) is 54.6 Å². The number of hydrogen-bond acceptors (Lipinski definition) is 4. The van der Waals surface area contributed by atoms with Crippen LogP contribution in [0.5, 0.6) is 0 Å². The molecule has 2 aromatic carbocycles. The fourth-order valence-corrected chi connectivity index (χ4v) is 2.24. The Labute approximate surface area is 176 Å². The normalized spacial score (nSPS) is 11.0. The van der Waals surface area contributed by atoms with Gasteiger partial charge in [0, 0.05) is 17.1 Å². The number of benzene rings is 2. The maximum atomic E-state index is 12.0. The maximum Gasteiger partial charge on any atom is 0.323 e. The first-order chi connectivity index (χ1) is 13.3. The van der Waals surface area contributed by atoms with Crippen LogP contribution in [-0.4, -0.2) is 30.4 Å². The number of urea groups is 1. The first kappa shape index (κ1) is 23.9. The molecule has 4 amide bonds. The van der Waals surface area contributed by atoms with Gasteiger partial charge in [-0.3, -0.25) is 9.59 Å². The van der Waals surface area contributed by atoms with Crippen LogP contribution in [0.15, 0.2) is 54.6 Å². The van der Waals surface area contributed by atoms with Crippen molar-refractivity contribution in [2.75, 3.05) is 22.5 Å². The van der Waals surface area contributed by atoms with E-state index in [1.54, 1.807) is 36.4 Å². The molecule has 8 nitrogen and oxygen atoms in total. The lowest BCUT2D eigenvalue weighted by Crippen LogP contribution is -2.46. The van der Waals surface area contributed by atoms with Crippen molar-refractivity contribution in [1.82, 2.24) is 5.32 Å². The van der Waals surface area contributed by atoms with E-state index < -0.39 is 6.04 Å². The molecule has 0 heterocycles. The van der Waals surface area contributed by atoms with Crippen LogP contribution in [0.25, 0.3) is 0 Å². The van der Waals surface area contributed by atoms with Crippen LogP contribution in [0.4, 0.5) is 21.9 Å². The van der Waals surface area contributed by atoms with Crippen LogP contribution in [0.1, 0.15) is 13.8 Å². The molecule has 2 rings (SSSR count). The van der Waals surface area contributed by atoms with Gasteiger partial charge in [0.15, 0.2) is 0 Å². The summed E-state index contributed by atoms with van der Waals surface area (Å²) in [6.07, 6.45) is 0. The van der Waals surface area contributed by atoms with Crippen molar-refractivity contribution in [3.63, 3.8) is 0 Å². The number of halogens is 1. The van der Waals surface area contributed by atoms with E-state index in [1.165, 1.54) is 0 Å². The molecule has 0 saturated carbocycles. The van der Waals surface area contributed by atoms with Gasteiger partial charge in [0.2, 0.25) is 11.8 Å². The summed E-state index contributed by atoms with van der Waals surface area (Å²) in [5.74, 6) is -0.747. The van der Waals surface area contributed by atoms with Gasteiger partial charge in [-0.25, -0.2) is 4.79 Å². The molecule has 2 aromatic rings. The third-order valence-electron chi connectivity index (χ3n) is 3.90. The number of nitrogens with one attached hydrogen (secondary N) is 4. The predicted molar refractivity (Wildman–Crippen MR) is 117 cm³/mol. The number of anilines is 3. The second-order valence-electron chi connectivity index (χ2n) is 6.56. The highest BCUT2D eigenvalue weighted by molar-refractivity contribution is 6.00. The smallest absolute Gasteiger partial charge is 0.323 e. The van der Waals surface area contributed by atoms with Crippen molar-refractivity contribution in [1.29, 1.82) is 0 Å². The lowest BCUT2D eigenvalue weighted by atomic mass is 10.1. The number of carbonyl (C=O) groups excluding carboxylic acids is 3. The highest BCUT2D eigenvalue weighted by Crippen LogP contribution is 2.14. The molecule has 0 fully saturated rings. The summed E-state index contributed by atoms with van der Waals surface area (Å²) in [7, 11) is 0. The van der Waals surface area contributed by atoms with Crippen molar-refractivity contribution < 1.29 is 14.4 Å². The van der Waals surface area contributed by atoms with Gasteiger partial charge in [-0.1, -0.05) is 32.0 Å². The summed E-state index contributed by atoms with van der Waals surface area (Å²) in [5, 5.41) is 10.6. The molecule has 6 N–H and O–H groups in total. The minimum absolute atomic E-state index is 0. The second-order valence-corrected chi connectivity index (χ2v) is 6.56. The summed E-state index contributed by atoms with van der Waals surface area (Å²) in [6, 6.07) is 14.7. The van der Waals surface area contributed by atoms with E-state index in [2.05, 4.69) is 21.3 Å². The molecule has 0 saturated heterocycles. The Bertz CT molecular complexity index is 813. The van der Waals surface area contributed by atoms with Gasteiger partial charge in [0.1, 0.15) is 0 Å². The van der Waals surface area contributed by atoms with E-state index in [1.807, 2.05) is 32.0 Å². The number of rotatable bonds is 7. The third-order valence-corrected chi connectivity index (χ3v) is 3.90. The summed E-state index contributed by atoms with van der Waals surface area (Å²) in [5.41, 5.74) is 7.52. The van der Waals surface area contributed by atoms with E-state index in [0.717, 1.165) is 0 Å². The van der Waals surface area contributed by atoms with Crippen molar-refractivity contribution in [3.8, 4) is 0 Å². The van der Waals surface area contributed by atoms with E-state index in [4.69, 9.17) is 5.73 Å². The minimum atomic E-state index is -0.653. The van der Waals surface area contributed by atoms with Crippen LogP contribution in [0, 0.1) is 5.92 Å². The standard InChI is InChI=1S/C20H25N5O3.ClH/c1-13(2)18(21)19(27)22-12-17(26)23-15-8-10-16(11-9-15)25-20(28)24-14-6-4-3-5-7-14;/h3-11,13,18H,12,21H2,1-2H3,(H,22,27)(H,23,26)(H2,24,25,28);1H/t18-;/m0./s1. The largest absolute Gasteiger partial charge is 0.346 e. The zero-order valence-electron chi connectivity index (χ0n) is 16.3. The number of carbonyl (C=O) groups is 3. The monoisotopic (exact) mass is 419 g/mol. The third kappa shape index (κ3) is 8.20. The minimum Gasteiger partial charge on any atom is -0.346 e. The fourth-order valence-electron chi connectivity index (χ4n) is 2.24. The lowest BCUT2D eigenvalue weighted by Gasteiger charge is -2.15. The van der Waals surface area contributed by atoms with E-state index in [9.17, 15) is 14.4 Å². The fraction of sp³-hybridized carbons (Fsp3) is 0.250. The molecule has 1 atom stereocenters. The van der Waals surface area contributed by atoms with Crippen LogP contribution in [0.3, 0.4) is 0 Å². The van der Waals surface area contributed by atoms with E-state index in [0.29, 0.717) is 17.1 Å². The zero-order chi connectivity index (χ0) is 20.5. The lowest BCUT2D eigenvalue weighted by molar-refractivity contribution is -0.125. The van der Waals surface area contributed by atoms with Gasteiger partial charge >= 0.3 is 6.03 Å². The first-order valence-corrected chi connectivity index (χ1v) is 8.91. The summed E-state index contributed by atoms with van der Waals surface area (Å²) < 4.78 is 0. The molecule has 0 radical (unpaired) electrons. The molecular weight excluding hydrogens is 394 g/mol. The number of hydrogen-bond donors (Lipinski definition) is 5. The van der Waals surface area contributed by atoms with Gasteiger partial charge in [0.25, 0.3) is 0 Å². The molecule has 0 aliphatic heterocycles. The SMILES string of the molecule is CC(C)[C@H](N)C(=O)NCC(=O)Nc1ccc(NC(=O)Nc2ccccc2)cc1.Cl. The van der Waals surface area contributed by atoms with Gasteiger partial charge < -0.3 is 27.0 Å². The van der Waals surface area contributed by atoms with Gasteiger partial charge in [0.05, 0.1) is 12.6 Å². The van der Waals surface area contributed by atoms with E-state index in [-0.39, 0.29) is 42.7 Å². The highest BCUT2D eigenvalue weighted by Gasteiger charge is 2.17. The van der Waals surface area contributed by atoms with Crippen molar-refractivity contribution in [2.45, 2.75) is 19.9 Å². The number of nitrogens with two attached hydrogens (primary N) is 1. The van der Waals surface area contributed by atoms with Gasteiger partial charge in [-0.15, -0.1) is 12.4 Å². The Hall–Kier alpha value is -3.10. The molecule has 0 aliphatic rings. The molecule has 29 heavy (non-hydrogen) atoms. The molecule has 9 heteroatoms. The van der Waals surface area contributed by atoms with Crippen LogP contribution in [0.2, 0.25) is 0 Å². The number of amides is 4. The quantitative estimate of drug-likeness (QED) is 0.473. The Morgan fingerprint density at radius 1 is 0.828 bits per heavy atom. The second kappa shape index (κ2) is 11.7. The zero-order valence-corrected chi connectivity index (χ0v) is 17.1.